The Labute approximate surface area is 127 Å². The Kier molecular flexibility index (Phi) is 5.56. The summed E-state index contributed by atoms with van der Waals surface area (Å²) in [5, 5.41) is 2.69. The summed E-state index contributed by atoms with van der Waals surface area (Å²) in [6.45, 7) is 9.63. The lowest BCUT2D eigenvalue weighted by Crippen LogP contribution is -2.47. The van der Waals surface area contributed by atoms with E-state index in [0.29, 0.717) is 5.56 Å². The molecule has 21 heavy (non-hydrogen) atoms. The second-order valence-electron chi connectivity index (χ2n) is 5.96. The fourth-order valence-corrected chi connectivity index (χ4v) is 2.58. The largest absolute Gasteiger partial charge is 0.355 e. The minimum atomic E-state index is -0.0691. The van der Waals surface area contributed by atoms with E-state index in [0.717, 1.165) is 44.5 Å². The first-order valence-electron chi connectivity index (χ1n) is 7.76. The Morgan fingerprint density at radius 2 is 2.05 bits per heavy atom. The SMILES string of the molecule is CNC(=O)c1cccnc1N1CCN(CCC(C)C)CC1. The number of rotatable bonds is 5. The lowest BCUT2D eigenvalue weighted by atomic mass is 10.1. The maximum absolute atomic E-state index is 11.9. The van der Waals surface area contributed by atoms with Crippen molar-refractivity contribution >= 4 is 11.7 Å². The minimum absolute atomic E-state index is 0.0691. The molecule has 1 aromatic heterocycles. The number of nitrogens with one attached hydrogen (secondary N) is 1. The Hall–Kier alpha value is -1.62. The Balaban J connectivity index is 1.98. The van der Waals surface area contributed by atoms with E-state index in [1.165, 1.54) is 6.42 Å². The fraction of sp³-hybridized carbons (Fsp3) is 0.625. The predicted octanol–water partition coefficient (Wildman–Crippen LogP) is 1.61. The molecule has 5 nitrogen and oxygen atoms in total. The molecule has 0 radical (unpaired) electrons. The van der Waals surface area contributed by atoms with Crippen LogP contribution in [0.1, 0.15) is 30.6 Å². The number of anilines is 1. The summed E-state index contributed by atoms with van der Waals surface area (Å²) in [4.78, 5) is 21.1. The molecular weight excluding hydrogens is 264 g/mol. The molecule has 116 valence electrons. The van der Waals surface area contributed by atoms with Crippen molar-refractivity contribution in [2.45, 2.75) is 20.3 Å². The van der Waals surface area contributed by atoms with Gasteiger partial charge in [0.1, 0.15) is 5.82 Å². The third-order valence-corrected chi connectivity index (χ3v) is 3.95. The third-order valence-electron chi connectivity index (χ3n) is 3.95. The van der Waals surface area contributed by atoms with E-state index in [4.69, 9.17) is 0 Å². The van der Waals surface area contributed by atoms with Crippen molar-refractivity contribution in [1.29, 1.82) is 0 Å². The molecule has 1 amide bonds. The van der Waals surface area contributed by atoms with Crippen LogP contribution in [0.15, 0.2) is 18.3 Å². The number of hydrogen-bond acceptors (Lipinski definition) is 4. The van der Waals surface area contributed by atoms with Crippen LogP contribution in [0.3, 0.4) is 0 Å². The molecule has 0 saturated carbocycles. The maximum atomic E-state index is 11.9. The van der Waals surface area contributed by atoms with Crippen LogP contribution >= 0.6 is 0 Å². The van der Waals surface area contributed by atoms with Crippen molar-refractivity contribution in [2.24, 2.45) is 5.92 Å². The first-order valence-corrected chi connectivity index (χ1v) is 7.76. The summed E-state index contributed by atoms with van der Waals surface area (Å²) < 4.78 is 0. The average molecular weight is 290 g/mol. The fourth-order valence-electron chi connectivity index (χ4n) is 2.58. The summed E-state index contributed by atoms with van der Waals surface area (Å²) in [6.07, 6.45) is 3.00. The second-order valence-corrected chi connectivity index (χ2v) is 5.96. The number of nitrogens with zero attached hydrogens (tertiary/aromatic N) is 3. The zero-order valence-electron chi connectivity index (χ0n) is 13.3. The molecule has 1 N–H and O–H groups in total. The first kappa shape index (κ1) is 15.8. The van der Waals surface area contributed by atoms with Crippen LogP contribution in [0.4, 0.5) is 5.82 Å². The molecule has 0 aliphatic carbocycles. The summed E-state index contributed by atoms with van der Waals surface area (Å²) in [6, 6.07) is 3.65. The molecular formula is C16H26N4O. The van der Waals surface area contributed by atoms with Crippen LogP contribution in [0.5, 0.6) is 0 Å². The number of pyridine rings is 1. The van der Waals surface area contributed by atoms with E-state index in [-0.39, 0.29) is 5.91 Å². The average Bonchev–Trinajstić information content (AvgIpc) is 2.52. The van der Waals surface area contributed by atoms with Crippen LogP contribution in [-0.2, 0) is 0 Å². The Morgan fingerprint density at radius 3 is 2.67 bits per heavy atom. The predicted molar refractivity (Wildman–Crippen MR) is 85.7 cm³/mol. The van der Waals surface area contributed by atoms with Crippen LogP contribution in [-0.4, -0.2) is 55.6 Å². The van der Waals surface area contributed by atoms with Crippen LogP contribution < -0.4 is 10.2 Å². The maximum Gasteiger partial charge on any atom is 0.254 e. The lowest BCUT2D eigenvalue weighted by molar-refractivity contribution is 0.0963. The highest BCUT2D eigenvalue weighted by atomic mass is 16.1. The monoisotopic (exact) mass is 290 g/mol. The molecule has 1 aliphatic heterocycles. The number of carbonyl (C=O) groups is 1. The molecule has 1 saturated heterocycles. The van der Waals surface area contributed by atoms with Crippen LogP contribution in [0.2, 0.25) is 0 Å². The quantitative estimate of drug-likeness (QED) is 0.895. The van der Waals surface area contributed by atoms with E-state index in [9.17, 15) is 4.79 Å². The molecule has 2 rings (SSSR count). The number of carbonyl (C=O) groups excluding carboxylic acids is 1. The number of piperazine rings is 1. The molecule has 5 heteroatoms. The summed E-state index contributed by atoms with van der Waals surface area (Å²) in [7, 11) is 1.66. The Morgan fingerprint density at radius 1 is 1.33 bits per heavy atom. The van der Waals surface area contributed by atoms with Crippen molar-refractivity contribution in [1.82, 2.24) is 15.2 Å². The van der Waals surface area contributed by atoms with Gasteiger partial charge in [-0.25, -0.2) is 4.98 Å². The molecule has 0 unspecified atom stereocenters. The van der Waals surface area contributed by atoms with Gasteiger partial charge >= 0.3 is 0 Å². The van der Waals surface area contributed by atoms with Crippen molar-refractivity contribution < 1.29 is 4.79 Å². The molecule has 0 aromatic carbocycles. The zero-order valence-corrected chi connectivity index (χ0v) is 13.3. The highest BCUT2D eigenvalue weighted by Crippen LogP contribution is 2.19. The van der Waals surface area contributed by atoms with E-state index < -0.39 is 0 Å². The first-order chi connectivity index (χ1) is 10.1. The van der Waals surface area contributed by atoms with Gasteiger partial charge in [0.15, 0.2) is 0 Å². The molecule has 1 fully saturated rings. The van der Waals surface area contributed by atoms with Gasteiger partial charge in [-0.1, -0.05) is 13.8 Å². The topological polar surface area (TPSA) is 48.5 Å². The normalized spacial score (nSPS) is 16.3. The second kappa shape index (κ2) is 7.41. The van der Waals surface area contributed by atoms with Crippen molar-refractivity contribution in [3.8, 4) is 0 Å². The third kappa shape index (κ3) is 4.17. The van der Waals surface area contributed by atoms with Gasteiger partial charge in [-0.05, 0) is 31.0 Å². The van der Waals surface area contributed by atoms with E-state index in [1.807, 2.05) is 12.1 Å². The van der Waals surface area contributed by atoms with Crippen molar-refractivity contribution in [3.05, 3.63) is 23.9 Å². The molecule has 2 heterocycles. The molecule has 0 atom stereocenters. The summed E-state index contributed by atoms with van der Waals surface area (Å²) >= 11 is 0. The number of hydrogen-bond donors (Lipinski definition) is 1. The smallest absolute Gasteiger partial charge is 0.254 e. The zero-order chi connectivity index (χ0) is 15.2. The van der Waals surface area contributed by atoms with E-state index >= 15 is 0 Å². The highest BCUT2D eigenvalue weighted by Gasteiger charge is 2.21. The van der Waals surface area contributed by atoms with Gasteiger partial charge in [0.2, 0.25) is 0 Å². The molecule has 0 bridgehead atoms. The van der Waals surface area contributed by atoms with Gasteiger partial charge in [-0.2, -0.15) is 0 Å². The minimum Gasteiger partial charge on any atom is -0.355 e. The molecule has 0 spiro atoms. The van der Waals surface area contributed by atoms with Gasteiger partial charge in [0.25, 0.3) is 5.91 Å². The van der Waals surface area contributed by atoms with Gasteiger partial charge < -0.3 is 10.2 Å². The summed E-state index contributed by atoms with van der Waals surface area (Å²) in [5.41, 5.74) is 0.663. The Bertz CT molecular complexity index is 467. The molecule has 1 aromatic rings. The van der Waals surface area contributed by atoms with Gasteiger partial charge in [-0.15, -0.1) is 0 Å². The van der Waals surface area contributed by atoms with Gasteiger partial charge in [-0.3, -0.25) is 9.69 Å². The van der Waals surface area contributed by atoms with Gasteiger partial charge in [0, 0.05) is 39.4 Å². The van der Waals surface area contributed by atoms with E-state index in [1.54, 1.807) is 13.2 Å². The summed E-state index contributed by atoms with van der Waals surface area (Å²) in [5.74, 6) is 1.49. The van der Waals surface area contributed by atoms with Crippen molar-refractivity contribution in [2.75, 3.05) is 44.7 Å². The van der Waals surface area contributed by atoms with Crippen LogP contribution in [0.25, 0.3) is 0 Å². The lowest BCUT2D eigenvalue weighted by Gasteiger charge is -2.36. The van der Waals surface area contributed by atoms with Gasteiger partial charge in [0.05, 0.1) is 5.56 Å². The van der Waals surface area contributed by atoms with Crippen LogP contribution in [0, 0.1) is 5.92 Å². The number of amides is 1. The van der Waals surface area contributed by atoms with Crippen molar-refractivity contribution in [3.63, 3.8) is 0 Å². The highest BCUT2D eigenvalue weighted by molar-refractivity contribution is 5.98. The van der Waals surface area contributed by atoms with E-state index in [2.05, 4.69) is 33.9 Å². The standard InChI is InChI=1S/C16H26N4O/c1-13(2)6-8-19-9-11-20(12-10-19)15-14(16(21)17-3)5-4-7-18-15/h4-5,7,13H,6,8-12H2,1-3H3,(H,17,21). The number of aromatic nitrogens is 1. The molecule has 1 aliphatic rings.